The van der Waals surface area contributed by atoms with Crippen LogP contribution in [0.1, 0.15) is 63.9 Å². The van der Waals surface area contributed by atoms with Crippen LogP contribution in [0.15, 0.2) is 30.3 Å². The van der Waals surface area contributed by atoms with Crippen LogP contribution >= 0.6 is 0 Å². The molecule has 0 aromatic heterocycles. The molecular formula is C19H30O2. The van der Waals surface area contributed by atoms with E-state index < -0.39 is 0 Å². The van der Waals surface area contributed by atoms with Crippen molar-refractivity contribution >= 4 is 0 Å². The van der Waals surface area contributed by atoms with Crippen LogP contribution in [0.2, 0.25) is 0 Å². The highest BCUT2D eigenvalue weighted by atomic mass is 16.5. The Labute approximate surface area is 129 Å². The van der Waals surface area contributed by atoms with Crippen molar-refractivity contribution in [1.29, 1.82) is 0 Å². The lowest BCUT2D eigenvalue weighted by atomic mass is 9.80. The lowest BCUT2D eigenvalue weighted by Crippen LogP contribution is -2.24. The zero-order valence-corrected chi connectivity index (χ0v) is 13.5. The Morgan fingerprint density at radius 2 is 2.05 bits per heavy atom. The first kappa shape index (κ1) is 16.5. The van der Waals surface area contributed by atoms with Gasteiger partial charge in [-0.05, 0) is 43.6 Å². The third kappa shape index (κ3) is 4.82. The smallest absolute Gasteiger partial charge is 0.0611 e. The number of hydrogen-bond donors (Lipinski definition) is 1. The van der Waals surface area contributed by atoms with Crippen molar-refractivity contribution in [2.24, 2.45) is 5.92 Å². The van der Waals surface area contributed by atoms with Gasteiger partial charge >= 0.3 is 0 Å². The van der Waals surface area contributed by atoms with Crippen LogP contribution in [0.4, 0.5) is 0 Å². The third-order valence-electron chi connectivity index (χ3n) is 4.91. The quantitative estimate of drug-likeness (QED) is 0.762. The molecule has 2 nitrogen and oxygen atoms in total. The van der Waals surface area contributed by atoms with Gasteiger partial charge in [0.25, 0.3) is 0 Å². The minimum absolute atomic E-state index is 0.247. The van der Waals surface area contributed by atoms with Gasteiger partial charge in [-0.1, -0.05) is 50.6 Å². The number of rotatable bonds is 8. The van der Waals surface area contributed by atoms with Crippen molar-refractivity contribution in [1.82, 2.24) is 0 Å². The van der Waals surface area contributed by atoms with E-state index in [-0.39, 0.29) is 12.0 Å². The molecule has 1 aromatic rings. The lowest BCUT2D eigenvalue weighted by Gasteiger charge is -2.29. The average molecular weight is 290 g/mol. The molecule has 0 amide bonds. The maximum absolute atomic E-state index is 10.7. The fourth-order valence-corrected chi connectivity index (χ4v) is 3.47. The summed E-state index contributed by atoms with van der Waals surface area (Å²) in [6.45, 7) is 5.38. The molecule has 1 N–H and O–H groups in total. The SMILES string of the molecule is CCC(C)C(c1ccccc1)C(O)CCCC1CCCO1. The Kier molecular flexibility index (Phi) is 6.72. The molecule has 0 spiro atoms. The molecule has 0 radical (unpaired) electrons. The van der Waals surface area contributed by atoms with Crippen LogP contribution in [0.5, 0.6) is 0 Å². The molecule has 118 valence electrons. The van der Waals surface area contributed by atoms with Gasteiger partial charge < -0.3 is 9.84 Å². The van der Waals surface area contributed by atoms with Gasteiger partial charge in [-0.2, -0.15) is 0 Å². The number of benzene rings is 1. The summed E-state index contributed by atoms with van der Waals surface area (Å²) in [7, 11) is 0. The maximum atomic E-state index is 10.7. The fourth-order valence-electron chi connectivity index (χ4n) is 3.47. The molecule has 1 heterocycles. The third-order valence-corrected chi connectivity index (χ3v) is 4.91. The van der Waals surface area contributed by atoms with Gasteiger partial charge in [0.05, 0.1) is 12.2 Å². The summed E-state index contributed by atoms with van der Waals surface area (Å²) < 4.78 is 5.67. The van der Waals surface area contributed by atoms with E-state index in [9.17, 15) is 5.11 Å². The molecule has 1 saturated heterocycles. The van der Waals surface area contributed by atoms with E-state index in [1.807, 2.05) is 6.07 Å². The van der Waals surface area contributed by atoms with E-state index in [4.69, 9.17) is 4.74 Å². The van der Waals surface area contributed by atoms with Crippen molar-refractivity contribution in [2.75, 3.05) is 6.61 Å². The van der Waals surface area contributed by atoms with E-state index in [0.29, 0.717) is 12.0 Å². The van der Waals surface area contributed by atoms with Gasteiger partial charge in [0.2, 0.25) is 0 Å². The molecule has 1 aliphatic heterocycles. The summed E-state index contributed by atoms with van der Waals surface area (Å²) in [6.07, 6.45) is 6.73. The van der Waals surface area contributed by atoms with Gasteiger partial charge in [-0.3, -0.25) is 0 Å². The highest BCUT2D eigenvalue weighted by molar-refractivity contribution is 5.21. The Morgan fingerprint density at radius 1 is 1.29 bits per heavy atom. The van der Waals surface area contributed by atoms with Gasteiger partial charge in [0.15, 0.2) is 0 Å². The topological polar surface area (TPSA) is 29.5 Å². The van der Waals surface area contributed by atoms with Crippen molar-refractivity contribution in [3.8, 4) is 0 Å². The Morgan fingerprint density at radius 3 is 2.67 bits per heavy atom. The van der Waals surface area contributed by atoms with Crippen LogP contribution in [0.3, 0.4) is 0 Å². The van der Waals surface area contributed by atoms with Gasteiger partial charge in [-0.25, -0.2) is 0 Å². The first-order valence-corrected chi connectivity index (χ1v) is 8.57. The van der Waals surface area contributed by atoms with E-state index in [1.54, 1.807) is 0 Å². The molecular weight excluding hydrogens is 260 g/mol. The second-order valence-electron chi connectivity index (χ2n) is 6.46. The van der Waals surface area contributed by atoms with Crippen molar-refractivity contribution in [3.05, 3.63) is 35.9 Å². The molecule has 2 rings (SSSR count). The molecule has 1 fully saturated rings. The fraction of sp³-hybridized carbons (Fsp3) is 0.684. The van der Waals surface area contributed by atoms with E-state index in [2.05, 4.69) is 38.1 Å². The standard InChI is InChI=1S/C19H30O2/c1-3-15(2)19(16-9-5-4-6-10-16)18(20)13-7-11-17-12-8-14-21-17/h4-6,9-10,15,17-20H,3,7-8,11-14H2,1-2H3. The summed E-state index contributed by atoms with van der Waals surface area (Å²) in [6, 6.07) is 10.5. The van der Waals surface area contributed by atoms with Crippen LogP contribution in [-0.4, -0.2) is 23.9 Å². The molecule has 4 atom stereocenters. The van der Waals surface area contributed by atoms with E-state index in [1.165, 1.54) is 18.4 Å². The predicted molar refractivity (Wildman–Crippen MR) is 87.5 cm³/mol. The summed E-state index contributed by atoms with van der Waals surface area (Å²) in [4.78, 5) is 0. The Balaban J connectivity index is 1.89. The first-order chi connectivity index (χ1) is 10.2. The molecule has 0 aliphatic carbocycles. The Hall–Kier alpha value is -0.860. The summed E-state index contributed by atoms with van der Waals surface area (Å²) in [5.74, 6) is 0.755. The van der Waals surface area contributed by atoms with E-state index >= 15 is 0 Å². The van der Waals surface area contributed by atoms with Crippen LogP contribution in [-0.2, 0) is 4.74 Å². The van der Waals surface area contributed by atoms with Crippen LogP contribution < -0.4 is 0 Å². The zero-order valence-electron chi connectivity index (χ0n) is 13.5. The molecule has 0 saturated carbocycles. The molecule has 1 aliphatic rings. The van der Waals surface area contributed by atoms with Crippen molar-refractivity contribution < 1.29 is 9.84 Å². The summed E-state index contributed by atoms with van der Waals surface area (Å²) in [5, 5.41) is 10.7. The summed E-state index contributed by atoms with van der Waals surface area (Å²) >= 11 is 0. The number of aliphatic hydroxyl groups excluding tert-OH is 1. The van der Waals surface area contributed by atoms with Gasteiger partial charge in [-0.15, -0.1) is 0 Å². The van der Waals surface area contributed by atoms with Gasteiger partial charge in [0, 0.05) is 12.5 Å². The highest BCUT2D eigenvalue weighted by Crippen LogP contribution is 2.32. The minimum atomic E-state index is -0.247. The average Bonchev–Trinajstić information content (AvgIpc) is 3.01. The molecule has 2 heteroatoms. The van der Waals surface area contributed by atoms with Crippen molar-refractivity contribution in [3.63, 3.8) is 0 Å². The first-order valence-electron chi connectivity index (χ1n) is 8.57. The minimum Gasteiger partial charge on any atom is -0.392 e. The van der Waals surface area contributed by atoms with Crippen LogP contribution in [0, 0.1) is 5.92 Å². The molecule has 1 aromatic carbocycles. The molecule has 0 bridgehead atoms. The second kappa shape index (κ2) is 8.55. The number of hydrogen-bond acceptors (Lipinski definition) is 2. The number of aliphatic hydroxyl groups is 1. The largest absolute Gasteiger partial charge is 0.392 e. The second-order valence-corrected chi connectivity index (χ2v) is 6.46. The molecule has 4 unspecified atom stereocenters. The highest BCUT2D eigenvalue weighted by Gasteiger charge is 2.26. The molecule has 21 heavy (non-hydrogen) atoms. The van der Waals surface area contributed by atoms with E-state index in [0.717, 1.165) is 32.3 Å². The monoisotopic (exact) mass is 290 g/mol. The normalized spacial score (nSPS) is 22.9. The number of ether oxygens (including phenoxy) is 1. The maximum Gasteiger partial charge on any atom is 0.0611 e. The van der Waals surface area contributed by atoms with Crippen LogP contribution in [0.25, 0.3) is 0 Å². The van der Waals surface area contributed by atoms with Crippen molar-refractivity contribution in [2.45, 2.75) is 70.5 Å². The van der Waals surface area contributed by atoms with Gasteiger partial charge in [0.1, 0.15) is 0 Å². The zero-order chi connectivity index (χ0) is 15.1. The lowest BCUT2D eigenvalue weighted by molar-refractivity contribution is 0.0819. The summed E-state index contributed by atoms with van der Waals surface area (Å²) in [5.41, 5.74) is 1.27. The predicted octanol–water partition coefficient (Wildman–Crippen LogP) is 4.53. The Bertz CT molecular complexity index is 384.